The Hall–Kier alpha value is -1.99. The second-order valence-corrected chi connectivity index (χ2v) is 6.91. The zero-order valence-corrected chi connectivity index (χ0v) is 14.8. The standard InChI is InChI=1S/C18H26N6O/c1-22-17(14-23-9-11-25-12-10-23)20-21-18(22)15-3-2-8-24(13-15)16-4-6-19-7-5-16/h4-7,15H,2-3,8-14H2,1H3. The maximum absolute atomic E-state index is 5.43. The quantitative estimate of drug-likeness (QED) is 0.838. The summed E-state index contributed by atoms with van der Waals surface area (Å²) in [6, 6.07) is 4.17. The van der Waals surface area contributed by atoms with Crippen molar-refractivity contribution >= 4 is 5.69 Å². The van der Waals surface area contributed by atoms with E-state index in [-0.39, 0.29) is 0 Å². The molecule has 2 aromatic rings. The molecule has 2 aromatic heterocycles. The van der Waals surface area contributed by atoms with Crippen LogP contribution in [-0.4, -0.2) is 64.0 Å². The Morgan fingerprint density at radius 3 is 2.72 bits per heavy atom. The van der Waals surface area contributed by atoms with Gasteiger partial charge in [-0.05, 0) is 25.0 Å². The summed E-state index contributed by atoms with van der Waals surface area (Å²) in [6.07, 6.45) is 6.08. The van der Waals surface area contributed by atoms with Crippen molar-refractivity contribution < 1.29 is 4.74 Å². The van der Waals surface area contributed by atoms with E-state index in [1.54, 1.807) is 0 Å². The van der Waals surface area contributed by atoms with Crippen LogP contribution in [0.15, 0.2) is 24.5 Å². The van der Waals surface area contributed by atoms with Gasteiger partial charge in [0, 0.05) is 57.2 Å². The number of pyridine rings is 1. The molecule has 4 heterocycles. The first-order chi connectivity index (χ1) is 12.3. The topological polar surface area (TPSA) is 59.3 Å². The number of hydrogen-bond acceptors (Lipinski definition) is 6. The minimum atomic E-state index is 0.429. The molecule has 4 rings (SSSR count). The molecule has 0 bridgehead atoms. The van der Waals surface area contributed by atoms with E-state index in [1.807, 2.05) is 12.4 Å². The maximum Gasteiger partial charge on any atom is 0.146 e. The van der Waals surface area contributed by atoms with Crippen molar-refractivity contribution in [3.05, 3.63) is 36.2 Å². The molecule has 1 unspecified atom stereocenters. The molecular formula is C18H26N6O. The van der Waals surface area contributed by atoms with E-state index in [0.29, 0.717) is 5.92 Å². The number of aromatic nitrogens is 4. The van der Waals surface area contributed by atoms with Gasteiger partial charge in [-0.25, -0.2) is 0 Å². The van der Waals surface area contributed by atoms with Crippen LogP contribution < -0.4 is 4.90 Å². The number of morpholine rings is 1. The molecule has 2 aliphatic rings. The predicted molar refractivity (Wildman–Crippen MR) is 95.5 cm³/mol. The molecule has 0 N–H and O–H groups in total. The van der Waals surface area contributed by atoms with E-state index in [4.69, 9.17) is 4.74 Å². The van der Waals surface area contributed by atoms with Gasteiger partial charge in [-0.2, -0.15) is 0 Å². The van der Waals surface area contributed by atoms with Crippen LogP contribution in [0.25, 0.3) is 0 Å². The molecule has 134 valence electrons. The third-order valence-corrected chi connectivity index (χ3v) is 5.28. The first kappa shape index (κ1) is 16.5. The van der Waals surface area contributed by atoms with Gasteiger partial charge in [0.2, 0.25) is 0 Å². The maximum atomic E-state index is 5.43. The lowest BCUT2D eigenvalue weighted by Crippen LogP contribution is -2.37. The average molecular weight is 342 g/mol. The molecule has 2 saturated heterocycles. The Bertz CT molecular complexity index is 682. The van der Waals surface area contributed by atoms with E-state index in [9.17, 15) is 0 Å². The molecule has 0 spiro atoms. The van der Waals surface area contributed by atoms with Crippen molar-refractivity contribution in [3.63, 3.8) is 0 Å². The largest absolute Gasteiger partial charge is 0.379 e. The van der Waals surface area contributed by atoms with Gasteiger partial charge in [0.15, 0.2) is 0 Å². The minimum Gasteiger partial charge on any atom is -0.379 e. The highest BCUT2D eigenvalue weighted by molar-refractivity contribution is 5.45. The number of ether oxygens (including phenoxy) is 1. The highest BCUT2D eigenvalue weighted by Gasteiger charge is 2.26. The van der Waals surface area contributed by atoms with E-state index in [0.717, 1.165) is 57.6 Å². The van der Waals surface area contributed by atoms with Gasteiger partial charge in [0.05, 0.1) is 19.8 Å². The number of rotatable bonds is 4. The minimum absolute atomic E-state index is 0.429. The van der Waals surface area contributed by atoms with Gasteiger partial charge in [-0.15, -0.1) is 10.2 Å². The first-order valence-electron chi connectivity index (χ1n) is 9.14. The number of piperidine rings is 1. The highest BCUT2D eigenvalue weighted by Crippen LogP contribution is 2.29. The van der Waals surface area contributed by atoms with Crippen molar-refractivity contribution in [3.8, 4) is 0 Å². The third-order valence-electron chi connectivity index (χ3n) is 5.28. The van der Waals surface area contributed by atoms with Crippen molar-refractivity contribution in [1.29, 1.82) is 0 Å². The molecular weight excluding hydrogens is 316 g/mol. The van der Waals surface area contributed by atoms with Gasteiger partial charge in [0.25, 0.3) is 0 Å². The zero-order valence-electron chi connectivity index (χ0n) is 14.8. The van der Waals surface area contributed by atoms with Gasteiger partial charge < -0.3 is 14.2 Å². The molecule has 25 heavy (non-hydrogen) atoms. The lowest BCUT2D eigenvalue weighted by molar-refractivity contribution is 0.0326. The van der Waals surface area contributed by atoms with Crippen LogP contribution in [0.1, 0.15) is 30.4 Å². The second-order valence-electron chi connectivity index (χ2n) is 6.91. The fourth-order valence-corrected chi connectivity index (χ4v) is 3.81. The van der Waals surface area contributed by atoms with E-state index in [1.165, 1.54) is 18.5 Å². The summed E-state index contributed by atoms with van der Waals surface area (Å²) in [5.74, 6) is 2.60. The molecule has 0 aromatic carbocycles. The summed E-state index contributed by atoms with van der Waals surface area (Å²) in [5.41, 5.74) is 1.25. The molecule has 0 saturated carbocycles. The summed E-state index contributed by atoms with van der Waals surface area (Å²) in [6.45, 7) is 6.52. The van der Waals surface area contributed by atoms with Crippen LogP contribution in [0.3, 0.4) is 0 Å². The second kappa shape index (κ2) is 7.49. The van der Waals surface area contributed by atoms with Gasteiger partial charge in [0.1, 0.15) is 11.6 Å². The molecule has 0 radical (unpaired) electrons. The van der Waals surface area contributed by atoms with Crippen molar-refractivity contribution in [2.24, 2.45) is 7.05 Å². The lowest BCUT2D eigenvalue weighted by atomic mass is 9.96. The third kappa shape index (κ3) is 3.67. The van der Waals surface area contributed by atoms with E-state index < -0.39 is 0 Å². The van der Waals surface area contributed by atoms with Crippen LogP contribution >= 0.6 is 0 Å². The molecule has 7 nitrogen and oxygen atoms in total. The van der Waals surface area contributed by atoms with Gasteiger partial charge in [-0.3, -0.25) is 9.88 Å². The summed E-state index contributed by atoms with van der Waals surface area (Å²) in [7, 11) is 2.11. The molecule has 2 aliphatic heterocycles. The van der Waals surface area contributed by atoms with Crippen molar-refractivity contribution in [2.45, 2.75) is 25.3 Å². The Morgan fingerprint density at radius 1 is 1.12 bits per heavy atom. The lowest BCUT2D eigenvalue weighted by Gasteiger charge is -2.34. The number of anilines is 1. The van der Waals surface area contributed by atoms with Crippen LogP contribution in [0.4, 0.5) is 5.69 Å². The monoisotopic (exact) mass is 342 g/mol. The Balaban J connectivity index is 1.46. The molecule has 2 fully saturated rings. The Labute approximate surface area is 148 Å². The summed E-state index contributed by atoms with van der Waals surface area (Å²) in [5, 5.41) is 9.03. The van der Waals surface area contributed by atoms with E-state index in [2.05, 4.69) is 48.7 Å². The van der Waals surface area contributed by atoms with Crippen molar-refractivity contribution in [1.82, 2.24) is 24.6 Å². The fraction of sp³-hybridized carbons (Fsp3) is 0.611. The van der Waals surface area contributed by atoms with Crippen LogP contribution in [0, 0.1) is 0 Å². The van der Waals surface area contributed by atoms with Crippen molar-refractivity contribution in [2.75, 3.05) is 44.3 Å². The SMILES string of the molecule is Cn1c(CN2CCOCC2)nnc1C1CCCN(c2ccncc2)C1. The molecule has 0 amide bonds. The van der Waals surface area contributed by atoms with Crippen LogP contribution in [0.2, 0.25) is 0 Å². The summed E-state index contributed by atoms with van der Waals surface area (Å²) >= 11 is 0. The van der Waals surface area contributed by atoms with Gasteiger partial charge >= 0.3 is 0 Å². The average Bonchev–Trinajstić information content (AvgIpc) is 3.04. The molecule has 0 aliphatic carbocycles. The zero-order chi connectivity index (χ0) is 17.1. The van der Waals surface area contributed by atoms with E-state index >= 15 is 0 Å². The van der Waals surface area contributed by atoms with Crippen LogP contribution in [0.5, 0.6) is 0 Å². The predicted octanol–water partition coefficient (Wildman–Crippen LogP) is 1.43. The Morgan fingerprint density at radius 2 is 1.92 bits per heavy atom. The first-order valence-corrected chi connectivity index (χ1v) is 9.14. The molecule has 1 atom stereocenters. The summed E-state index contributed by atoms with van der Waals surface area (Å²) in [4.78, 5) is 8.95. The number of hydrogen-bond donors (Lipinski definition) is 0. The van der Waals surface area contributed by atoms with Crippen LogP contribution in [-0.2, 0) is 18.3 Å². The summed E-state index contributed by atoms with van der Waals surface area (Å²) < 4.78 is 7.63. The smallest absolute Gasteiger partial charge is 0.146 e. The fourth-order valence-electron chi connectivity index (χ4n) is 3.81. The highest BCUT2D eigenvalue weighted by atomic mass is 16.5. The number of nitrogens with zero attached hydrogens (tertiary/aromatic N) is 6. The molecule has 7 heteroatoms. The normalized spacial score (nSPS) is 22.3. The van der Waals surface area contributed by atoms with Gasteiger partial charge in [-0.1, -0.05) is 0 Å². The Kier molecular flexibility index (Phi) is 4.94.